The molecule has 1 saturated heterocycles. The zero-order chi connectivity index (χ0) is 19.9. The summed E-state index contributed by atoms with van der Waals surface area (Å²) in [6.45, 7) is 1.00. The number of ether oxygens (including phenoxy) is 1. The Morgan fingerprint density at radius 2 is 2.19 bits per heavy atom. The van der Waals surface area contributed by atoms with Crippen LogP contribution in [0.4, 0.5) is 0 Å². The number of aromatic nitrogens is 2. The zero-order valence-corrected chi connectivity index (χ0v) is 15.8. The van der Waals surface area contributed by atoms with E-state index in [1.165, 1.54) is 29.6 Å². The highest BCUT2D eigenvalue weighted by atomic mass is 35.5. The molecular formula is C15H15ClN4O6S. The molecule has 0 unspecified atom stereocenters. The Morgan fingerprint density at radius 3 is 2.74 bits per heavy atom. The smallest absolute Gasteiger partial charge is 0.352 e. The van der Waals surface area contributed by atoms with E-state index in [2.05, 4.69) is 10.4 Å². The number of β-lactam (4-membered cyclic amide) rings is 1. The summed E-state index contributed by atoms with van der Waals surface area (Å²) in [4.78, 5) is 48.5. The van der Waals surface area contributed by atoms with Crippen molar-refractivity contribution in [2.24, 2.45) is 7.05 Å². The molecule has 1 aromatic heterocycles. The van der Waals surface area contributed by atoms with Gasteiger partial charge in [-0.3, -0.25) is 24.0 Å². The number of halogens is 1. The van der Waals surface area contributed by atoms with Gasteiger partial charge in [-0.05, 0) is 0 Å². The molecule has 1 fully saturated rings. The number of fused-ring (bicyclic) bond motifs is 1. The number of esters is 1. The lowest BCUT2D eigenvalue weighted by atomic mass is 10.0. The highest BCUT2D eigenvalue weighted by molar-refractivity contribution is 8.00. The van der Waals surface area contributed by atoms with E-state index in [9.17, 15) is 24.3 Å². The fourth-order valence-corrected chi connectivity index (χ4v) is 4.40. The van der Waals surface area contributed by atoms with E-state index in [0.717, 1.165) is 4.90 Å². The van der Waals surface area contributed by atoms with Gasteiger partial charge in [0.2, 0.25) is 0 Å². The molecule has 0 bridgehead atoms. The van der Waals surface area contributed by atoms with Gasteiger partial charge in [-0.2, -0.15) is 5.10 Å². The molecule has 27 heavy (non-hydrogen) atoms. The first kappa shape index (κ1) is 19.2. The van der Waals surface area contributed by atoms with E-state index >= 15 is 0 Å². The number of thioether (sulfide) groups is 1. The van der Waals surface area contributed by atoms with Gasteiger partial charge in [0.15, 0.2) is 5.69 Å². The van der Waals surface area contributed by atoms with E-state index in [1.807, 2.05) is 0 Å². The van der Waals surface area contributed by atoms with Crippen molar-refractivity contribution < 1.29 is 29.0 Å². The molecule has 1 aromatic rings. The number of rotatable bonds is 5. The van der Waals surface area contributed by atoms with Crippen molar-refractivity contribution in [2.75, 3.05) is 12.4 Å². The van der Waals surface area contributed by atoms with E-state index in [0.29, 0.717) is 5.57 Å². The van der Waals surface area contributed by atoms with E-state index in [4.69, 9.17) is 16.3 Å². The Bertz CT molecular complexity index is 882. The van der Waals surface area contributed by atoms with Crippen LogP contribution in [0.15, 0.2) is 17.5 Å². The predicted octanol–water partition coefficient (Wildman–Crippen LogP) is -0.0112. The highest BCUT2D eigenvalue weighted by Gasteiger charge is 2.54. The number of carboxylic acid groups (broad SMARTS) is 1. The van der Waals surface area contributed by atoms with Crippen molar-refractivity contribution in [2.45, 2.75) is 18.3 Å². The number of aryl methyl sites for hydroxylation is 1. The largest absolute Gasteiger partial charge is 0.477 e. The van der Waals surface area contributed by atoms with Gasteiger partial charge in [0, 0.05) is 31.5 Å². The Morgan fingerprint density at radius 1 is 1.48 bits per heavy atom. The number of hydrogen-bond donors (Lipinski definition) is 2. The maximum atomic E-state index is 12.5. The summed E-state index contributed by atoms with van der Waals surface area (Å²) in [5.74, 6) is -2.78. The van der Waals surface area contributed by atoms with Crippen LogP contribution in [0, 0.1) is 0 Å². The van der Waals surface area contributed by atoms with Crippen LogP contribution in [0.1, 0.15) is 17.4 Å². The van der Waals surface area contributed by atoms with Crippen LogP contribution in [0.25, 0.3) is 0 Å². The zero-order valence-electron chi connectivity index (χ0n) is 14.3. The van der Waals surface area contributed by atoms with Crippen molar-refractivity contribution in [1.29, 1.82) is 0 Å². The Labute approximate surface area is 162 Å². The van der Waals surface area contributed by atoms with Crippen LogP contribution < -0.4 is 5.32 Å². The van der Waals surface area contributed by atoms with Crippen LogP contribution in [0.2, 0.25) is 5.02 Å². The number of aliphatic carboxylic acids is 1. The second kappa shape index (κ2) is 7.24. The lowest BCUT2D eigenvalue weighted by molar-refractivity contribution is -0.149. The monoisotopic (exact) mass is 414 g/mol. The minimum atomic E-state index is -1.30. The van der Waals surface area contributed by atoms with Crippen molar-refractivity contribution >= 4 is 47.1 Å². The molecule has 2 aliphatic heterocycles. The Hall–Kier alpha value is -2.53. The van der Waals surface area contributed by atoms with Crippen molar-refractivity contribution in [1.82, 2.24) is 20.0 Å². The molecule has 3 rings (SSSR count). The second-order valence-electron chi connectivity index (χ2n) is 5.90. The van der Waals surface area contributed by atoms with E-state index < -0.39 is 35.2 Å². The Kier molecular flexibility index (Phi) is 5.16. The minimum absolute atomic E-state index is 0.0178. The quantitative estimate of drug-likeness (QED) is 0.508. The summed E-state index contributed by atoms with van der Waals surface area (Å²) in [5.41, 5.74) is 0.0898. The Balaban J connectivity index is 1.77. The number of hydrogen-bond acceptors (Lipinski definition) is 7. The molecule has 0 saturated carbocycles. The van der Waals surface area contributed by atoms with Gasteiger partial charge in [0.1, 0.15) is 23.7 Å². The molecule has 144 valence electrons. The first-order valence-corrected chi connectivity index (χ1v) is 9.16. The minimum Gasteiger partial charge on any atom is -0.477 e. The van der Waals surface area contributed by atoms with Gasteiger partial charge in [-0.1, -0.05) is 11.6 Å². The number of nitrogens with zero attached hydrogens (tertiary/aromatic N) is 3. The van der Waals surface area contributed by atoms with Crippen LogP contribution in [-0.2, 0) is 26.2 Å². The average Bonchev–Trinajstić information content (AvgIpc) is 2.94. The molecular weight excluding hydrogens is 400 g/mol. The fourth-order valence-electron chi connectivity index (χ4n) is 2.81. The standard InChI is InChI=1S/C15H15ClN4O6S/c1-6(21)26-4-7-5-27-14-10(13(23)20(14)11(7)15(24)25)17-12(22)9-8(16)3-19(2)18-9/h3,10,14H,4-5H2,1-2H3,(H,17,22)(H,24,25)/t10-,14+/m1/s1. The van der Waals surface area contributed by atoms with Gasteiger partial charge in [-0.15, -0.1) is 11.8 Å². The predicted molar refractivity (Wildman–Crippen MR) is 93.9 cm³/mol. The summed E-state index contributed by atoms with van der Waals surface area (Å²) >= 11 is 7.20. The third kappa shape index (κ3) is 3.52. The highest BCUT2D eigenvalue weighted by Crippen LogP contribution is 2.40. The lowest BCUT2D eigenvalue weighted by Gasteiger charge is -2.49. The molecule has 0 spiro atoms. The number of carbonyl (C=O) groups excluding carboxylic acids is 3. The molecule has 10 nitrogen and oxygen atoms in total. The lowest BCUT2D eigenvalue weighted by Crippen LogP contribution is -2.70. The molecule has 0 aromatic carbocycles. The first-order valence-electron chi connectivity index (χ1n) is 7.74. The van der Waals surface area contributed by atoms with Crippen LogP contribution in [0.5, 0.6) is 0 Å². The first-order chi connectivity index (χ1) is 12.7. The molecule has 2 amide bonds. The SMILES string of the molecule is CC(=O)OCC1=C(C(=O)O)N2C(=O)[C@@H](NC(=O)c3nn(C)cc3Cl)[C@@H]2SC1. The maximum Gasteiger partial charge on any atom is 0.352 e. The molecule has 0 aliphatic carbocycles. The third-order valence-corrected chi connectivity index (χ3v) is 5.60. The summed E-state index contributed by atoms with van der Waals surface area (Å²) in [5, 5.41) is 15.5. The summed E-state index contributed by atoms with van der Waals surface area (Å²) in [6, 6.07) is -0.898. The average molecular weight is 415 g/mol. The molecule has 2 aliphatic rings. The van der Waals surface area contributed by atoms with Gasteiger partial charge in [0.25, 0.3) is 11.8 Å². The molecule has 3 heterocycles. The number of nitrogens with one attached hydrogen (secondary N) is 1. The number of amides is 2. The molecule has 2 N–H and O–H groups in total. The molecule has 0 radical (unpaired) electrons. The van der Waals surface area contributed by atoms with Gasteiger partial charge in [-0.25, -0.2) is 4.79 Å². The maximum absolute atomic E-state index is 12.5. The van der Waals surface area contributed by atoms with Crippen LogP contribution in [-0.4, -0.2) is 67.3 Å². The molecule has 12 heteroatoms. The van der Waals surface area contributed by atoms with Gasteiger partial charge >= 0.3 is 11.9 Å². The van der Waals surface area contributed by atoms with Crippen molar-refractivity contribution in [3.63, 3.8) is 0 Å². The number of carbonyl (C=O) groups is 4. The topological polar surface area (TPSA) is 131 Å². The molecule has 2 atom stereocenters. The van der Waals surface area contributed by atoms with Gasteiger partial charge < -0.3 is 15.2 Å². The second-order valence-corrected chi connectivity index (χ2v) is 7.41. The summed E-state index contributed by atoms with van der Waals surface area (Å²) in [6.07, 6.45) is 1.45. The summed E-state index contributed by atoms with van der Waals surface area (Å²) < 4.78 is 6.23. The van der Waals surface area contributed by atoms with Crippen LogP contribution >= 0.6 is 23.4 Å². The van der Waals surface area contributed by atoms with Crippen LogP contribution in [0.3, 0.4) is 0 Å². The summed E-state index contributed by atoms with van der Waals surface area (Å²) in [7, 11) is 1.60. The van der Waals surface area contributed by atoms with E-state index in [1.54, 1.807) is 7.05 Å². The number of carboxylic acids is 1. The van der Waals surface area contributed by atoms with Crippen molar-refractivity contribution in [3.8, 4) is 0 Å². The third-order valence-electron chi connectivity index (χ3n) is 3.99. The normalized spacial score (nSPS) is 21.4. The van der Waals surface area contributed by atoms with E-state index in [-0.39, 0.29) is 28.8 Å². The fraction of sp³-hybridized carbons (Fsp3) is 0.400. The van der Waals surface area contributed by atoms with Gasteiger partial charge in [0.05, 0.1) is 5.02 Å². The van der Waals surface area contributed by atoms with Crippen molar-refractivity contribution in [3.05, 3.63) is 28.2 Å².